The largest absolute Gasteiger partial charge is 0.384 e. The Morgan fingerprint density at radius 2 is 1.80 bits per heavy atom. The van der Waals surface area contributed by atoms with Crippen molar-refractivity contribution in [1.29, 1.82) is 0 Å². The van der Waals surface area contributed by atoms with Crippen LogP contribution in [0.4, 0.5) is 10.5 Å². The van der Waals surface area contributed by atoms with E-state index in [0.717, 1.165) is 30.6 Å². The molecule has 1 saturated heterocycles. The summed E-state index contributed by atoms with van der Waals surface area (Å²) in [7, 11) is 0. The number of imide groups is 2. The number of amides is 5. The van der Waals surface area contributed by atoms with Crippen LogP contribution in [0.5, 0.6) is 0 Å². The van der Waals surface area contributed by atoms with Gasteiger partial charge in [0.15, 0.2) is 0 Å². The van der Waals surface area contributed by atoms with Crippen molar-refractivity contribution >= 4 is 46.3 Å². The van der Waals surface area contributed by atoms with Crippen molar-refractivity contribution in [2.24, 2.45) is 0 Å². The fraction of sp³-hybridized carbons (Fsp3) is 0.450. The summed E-state index contributed by atoms with van der Waals surface area (Å²) in [6.07, 6.45) is 3.74. The first-order valence-electron chi connectivity index (χ1n) is 9.92. The fourth-order valence-corrected chi connectivity index (χ4v) is 3.77. The molecule has 3 N–H and O–H groups in total. The van der Waals surface area contributed by atoms with Crippen LogP contribution in [-0.2, 0) is 9.59 Å². The Balaban J connectivity index is 1.58. The molecular formula is C20H23ClN4O5. The molecule has 0 aromatic heterocycles. The van der Waals surface area contributed by atoms with Crippen LogP contribution in [0.25, 0.3) is 0 Å². The molecule has 2 aliphatic heterocycles. The standard InChI is InChI=1S/C20H23ClN4O5/c21-20(30)23-11-4-2-1-3-10-22-13-7-5-6-12-16(13)19(29)25(18(12)28)14-8-9-15(26)24-17(14)27/h5-7,14,22H,1-4,8-11H2,(H,23,30)(H,24,26,27). The minimum absolute atomic E-state index is 0.0868. The number of anilines is 1. The molecule has 1 aromatic rings. The van der Waals surface area contributed by atoms with Crippen molar-refractivity contribution in [2.45, 2.75) is 44.6 Å². The smallest absolute Gasteiger partial charge is 0.313 e. The van der Waals surface area contributed by atoms with E-state index in [1.165, 1.54) is 0 Å². The molecule has 0 saturated carbocycles. The van der Waals surface area contributed by atoms with Gasteiger partial charge in [0.2, 0.25) is 11.8 Å². The molecule has 1 atom stereocenters. The lowest BCUT2D eigenvalue weighted by Gasteiger charge is -2.27. The second kappa shape index (κ2) is 9.71. The quantitative estimate of drug-likeness (QED) is 0.236. The average molecular weight is 435 g/mol. The molecule has 0 radical (unpaired) electrons. The van der Waals surface area contributed by atoms with Crippen LogP contribution < -0.4 is 16.0 Å². The molecule has 1 fully saturated rings. The summed E-state index contributed by atoms with van der Waals surface area (Å²) >= 11 is 5.20. The molecule has 160 valence electrons. The van der Waals surface area contributed by atoms with Crippen molar-refractivity contribution in [3.05, 3.63) is 29.3 Å². The molecule has 5 amide bonds. The monoisotopic (exact) mass is 434 g/mol. The number of rotatable bonds is 9. The molecule has 2 aliphatic rings. The Morgan fingerprint density at radius 1 is 1.07 bits per heavy atom. The van der Waals surface area contributed by atoms with E-state index in [2.05, 4.69) is 16.0 Å². The topological polar surface area (TPSA) is 125 Å². The van der Waals surface area contributed by atoms with E-state index < -0.39 is 35.0 Å². The Kier molecular flexibility index (Phi) is 7.04. The molecule has 0 aliphatic carbocycles. The molecule has 30 heavy (non-hydrogen) atoms. The number of hydrogen-bond acceptors (Lipinski definition) is 6. The maximum atomic E-state index is 13.0. The van der Waals surface area contributed by atoms with Gasteiger partial charge in [-0.05, 0) is 43.0 Å². The highest BCUT2D eigenvalue weighted by molar-refractivity contribution is 6.62. The minimum Gasteiger partial charge on any atom is -0.384 e. The van der Waals surface area contributed by atoms with Crippen LogP contribution in [0, 0.1) is 0 Å². The maximum Gasteiger partial charge on any atom is 0.313 e. The number of nitrogens with one attached hydrogen (secondary N) is 3. The van der Waals surface area contributed by atoms with Gasteiger partial charge in [-0.25, -0.2) is 0 Å². The number of nitrogens with zero attached hydrogens (tertiary/aromatic N) is 1. The van der Waals surface area contributed by atoms with Gasteiger partial charge < -0.3 is 10.6 Å². The Bertz CT molecular complexity index is 888. The fourth-order valence-electron chi connectivity index (χ4n) is 3.68. The van der Waals surface area contributed by atoms with E-state index in [0.29, 0.717) is 18.8 Å². The third kappa shape index (κ3) is 4.79. The van der Waals surface area contributed by atoms with Gasteiger partial charge in [0.05, 0.1) is 11.1 Å². The first kappa shape index (κ1) is 21.8. The van der Waals surface area contributed by atoms with Gasteiger partial charge in [-0.3, -0.25) is 34.2 Å². The summed E-state index contributed by atoms with van der Waals surface area (Å²) < 4.78 is 0. The Labute approximate surface area is 178 Å². The molecule has 1 aromatic carbocycles. The summed E-state index contributed by atoms with van der Waals surface area (Å²) in [6.45, 7) is 1.15. The van der Waals surface area contributed by atoms with Gasteiger partial charge in [0, 0.05) is 25.2 Å². The van der Waals surface area contributed by atoms with Gasteiger partial charge in [0.1, 0.15) is 6.04 Å². The zero-order valence-corrected chi connectivity index (χ0v) is 17.1. The zero-order chi connectivity index (χ0) is 21.7. The number of fused-ring (bicyclic) bond motifs is 1. The molecule has 3 rings (SSSR count). The molecule has 2 heterocycles. The van der Waals surface area contributed by atoms with Crippen LogP contribution in [-0.4, -0.2) is 53.0 Å². The lowest BCUT2D eigenvalue weighted by molar-refractivity contribution is -0.136. The number of halogens is 1. The average Bonchev–Trinajstić information content (AvgIpc) is 2.95. The second-order valence-electron chi connectivity index (χ2n) is 7.22. The molecule has 0 spiro atoms. The van der Waals surface area contributed by atoms with Gasteiger partial charge in [0.25, 0.3) is 11.8 Å². The predicted octanol–water partition coefficient (Wildman–Crippen LogP) is 2.01. The lowest BCUT2D eigenvalue weighted by atomic mass is 10.0. The zero-order valence-electron chi connectivity index (χ0n) is 16.3. The summed E-state index contributed by atoms with van der Waals surface area (Å²) in [5.74, 6) is -2.07. The Hall–Kier alpha value is -2.94. The summed E-state index contributed by atoms with van der Waals surface area (Å²) in [5, 5.41) is 7.36. The Morgan fingerprint density at radius 3 is 2.50 bits per heavy atom. The van der Waals surface area contributed by atoms with Crippen LogP contribution in [0.1, 0.15) is 59.2 Å². The van der Waals surface area contributed by atoms with E-state index in [-0.39, 0.29) is 24.0 Å². The van der Waals surface area contributed by atoms with Crippen LogP contribution >= 0.6 is 11.6 Å². The van der Waals surface area contributed by atoms with E-state index in [1.807, 2.05) is 0 Å². The highest BCUT2D eigenvalue weighted by atomic mass is 35.5. The van der Waals surface area contributed by atoms with Gasteiger partial charge in [-0.1, -0.05) is 18.9 Å². The van der Waals surface area contributed by atoms with Crippen LogP contribution in [0.3, 0.4) is 0 Å². The highest BCUT2D eigenvalue weighted by Gasteiger charge is 2.45. The normalized spacial score (nSPS) is 18.3. The van der Waals surface area contributed by atoms with E-state index >= 15 is 0 Å². The van der Waals surface area contributed by atoms with Gasteiger partial charge in [-0.2, -0.15) is 0 Å². The number of benzene rings is 1. The molecule has 9 nitrogen and oxygen atoms in total. The second-order valence-corrected chi connectivity index (χ2v) is 7.56. The van der Waals surface area contributed by atoms with Gasteiger partial charge in [-0.15, -0.1) is 0 Å². The van der Waals surface area contributed by atoms with Crippen molar-refractivity contribution in [3.8, 4) is 0 Å². The van der Waals surface area contributed by atoms with Crippen molar-refractivity contribution in [2.75, 3.05) is 18.4 Å². The third-order valence-electron chi connectivity index (χ3n) is 5.15. The predicted molar refractivity (Wildman–Crippen MR) is 109 cm³/mol. The van der Waals surface area contributed by atoms with E-state index in [9.17, 15) is 24.0 Å². The van der Waals surface area contributed by atoms with Crippen molar-refractivity contribution in [1.82, 2.24) is 15.5 Å². The summed E-state index contributed by atoms with van der Waals surface area (Å²) in [5.41, 5.74) is 1.07. The highest BCUT2D eigenvalue weighted by Crippen LogP contribution is 2.32. The summed E-state index contributed by atoms with van der Waals surface area (Å²) in [6, 6.07) is 4.01. The number of unbranched alkanes of at least 4 members (excludes halogenated alkanes) is 3. The number of carbonyl (C=O) groups excluding carboxylic acids is 5. The lowest BCUT2D eigenvalue weighted by Crippen LogP contribution is -2.54. The minimum atomic E-state index is -0.976. The number of piperidine rings is 1. The third-order valence-corrected chi connectivity index (χ3v) is 5.28. The van der Waals surface area contributed by atoms with Crippen molar-refractivity contribution < 1.29 is 24.0 Å². The first-order valence-corrected chi connectivity index (χ1v) is 10.3. The molecule has 0 bridgehead atoms. The summed E-state index contributed by atoms with van der Waals surface area (Å²) in [4.78, 5) is 60.8. The first-order chi connectivity index (χ1) is 14.4. The molecule has 10 heteroatoms. The SMILES string of the molecule is O=C(Cl)NCCCCCCNc1cccc2c1C(=O)N(C1CCC(=O)NC1=O)C2=O. The van der Waals surface area contributed by atoms with Crippen LogP contribution in [0.2, 0.25) is 0 Å². The van der Waals surface area contributed by atoms with E-state index in [4.69, 9.17) is 11.6 Å². The maximum absolute atomic E-state index is 13.0. The van der Waals surface area contributed by atoms with Gasteiger partial charge >= 0.3 is 5.37 Å². The van der Waals surface area contributed by atoms with Crippen LogP contribution in [0.15, 0.2) is 18.2 Å². The number of carbonyl (C=O) groups is 5. The molecular weight excluding hydrogens is 412 g/mol. The van der Waals surface area contributed by atoms with E-state index in [1.54, 1.807) is 18.2 Å². The van der Waals surface area contributed by atoms with Crippen molar-refractivity contribution in [3.63, 3.8) is 0 Å². The number of hydrogen-bond donors (Lipinski definition) is 3. The molecule has 1 unspecified atom stereocenters.